The Labute approximate surface area is 416 Å². The first-order valence-electron chi connectivity index (χ1n) is 18.7. The minimum Gasteiger partial charge on any atom is -0.207 e. The fourth-order valence-corrected chi connectivity index (χ4v) is 5.85. The van der Waals surface area contributed by atoms with Crippen molar-refractivity contribution in [2.24, 2.45) is 0 Å². The lowest BCUT2D eigenvalue weighted by atomic mass is 10.2. The molecule has 0 aliphatic carbocycles. The van der Waals surface area contributed by atoms with E-state index in [2.05, 4.69) is 0 Å². The van der Waals surface area contributed by atoms with Crippen molar-refractivity contribution in [3.63, 3.8) is 0 Å². The van der Waals surface area contributed by atoms with Crippen LogP contribution < -0.4 is 0 Å². The molecule has 0 saturated heterocycles. The Bertz CT molecular complexity index is 2400. The van der Waals surface area contributed by atoms with Crippen LogP contribution >= 0.6 is 81.2 Å². The average Bonchev–Trinajstić information content (AvgIpc) is 3.25. The maximum Gasteiger partial charge on any atom is 0.177 e. The Hall–Kier alpha value is -4.20. The topological polar surface area (TPSA) is 0 Å². The van der Waals surface area contributed by atoms with Crippen molar-refractivity contribution in [2.45, 2.75) is 48.5 Å². The molecule has 0 heterocycles. The SMILES string of the molecule is Cc1cc(Cl)cc(F)c1F.Cc1cc(F)cc(Cl)c1.Cc1ccc(Cl)c(F)c1.Cc1ccc(Cl)c(F)c1F.Cc1ccc(F)c(Cl)c1.Cc1ccc(F)c(Cl)c1F.Cc1ccc(F)c(F)c1Cl. The molecule has 0 atom stereocenters. The number of aryl methyl sites for hydroxylation is 7. The molecule has 360 valence electrons. The second kappa shape index (κ2) is 29.6. The first-order valence-corrected chi connectivity index (χ1v) is 21.4. The third-order valence-corrected chi connectivity index (χ3v) is 10.2. The first-order chi connectivity index (χ1) is 31.1. The Morgan fingerprint density at radius 3 is 1.24 bits per heavy atom. The fraction of sp³-hybridized carbons (Fsp3) is 0.143. The molecule has 0 N–H and O–H groups in total. The highest BCUT2D eigenvalue weighted by Crippen LogP contribution is 2.23. The molecule has 0 unspecified atom stereocenters. The lowest BCUT2D eigenvalue weighted by Crippen LogP contribution is -1.88. The molecule has 0 fully saturated rings. The number of hydrogen-bond donors (Lipinski definition) is 0. The number of benzene rings is 7. The van der Waals surface area contributed by atoms with Crippen molar-refractivity contribution < 1.29 is 48.3 Å². The molecular formula is C49H38Cl7F11. The molecule has 0 aliphatic heterocycles. The van der Waals surface area contributed by atoms with Gasteiger partial charge in [-0.2, -0.15) is 0 Å². The molecule has 7 rings (SSSR count). The monoisotopic (exact) mass is 1080 g/mol. The van der Waals surface area contributed by atoms with Crippen molar-refractivity contribution >= 4 is 81.2 Å². The lowest BCUT2D eigenvalue weighted by molar-refractivity contribution is 0.503. The molecule has 0 aliphatic rings. The lowest BCUT2D eigenvalue weighted by Gasteiger charge is -1.97. The van der Waals surface area contributed by atoms with E-state index in [1.165, 1.54) is 75.4 Å². The predicted octanol–water partition coefficient (Wildman–Crippen LogP) is 20.1. The summed E-state index contributed by atoms with van der Waals surface area (Å²) in [6.45, 7) is 11.6. The second-order valence-corrected chi connectivity index (χ2v) is 16.6. The Morgan fingerprint density at radius 1 is 0.269 bits per heavy atom. The molecule has 0 nitrogen and oxygen atoms in total. The zero-order valence-corrected chi connectivity index (χ0v) is 41.4. The van der Waals surface area contributed by atoms with Crippen molar-refractivity contribution in [1.29, 1.82) is 0 Å². The van der Waals surface area contributed by atoms with Gasteiger partial charge in [-0.1, -0.05) is 112 Å². The van der Waals surface area contributed by atoms with Gasteiger partial charge in [-0.05, 0) is 160 Å². The van der Waals surface area contributed by atoms with Gasteiger partial charge in [-0.3, -0.25) is 0 Å². The average molecular weight is 1080 g/mol. The molecule has 7 aromatic rings. The molecule has 0 spiro atoms. The van der Waals surface area contributed by atoms with Crippen LogP contribution in [0.1, 0.15) is 38.9 Å². The fourth-order valence-electron chi connectivity index (χ4n) is 4.45. The zero-order valence-electron chi connectivity index (χ0n) is 36.1. The van der Waals surface area contributed by atoms with Gasteiger partial charge in [0.15, 0.2) is 34.9 Å². The minimum atomic E-state index is -0.971. The van der Waals surface area contributed by atoms with Gasteiger partial charge < -0.3 is 0 Å². The zero-order chi connectivity index (χ0) is 51.5. The summed E-state index contributed by atoms with van der Waals surface area (Å²) in [5, 5.41) is 0.294. The molecule has 0 saturated carbocycles. The Balaban J connectivity index is 0.000000391. The van der Waals surface area contributed by atoms with E-state index in [0.717, 1.165) is 34.9 Å². The molecule has 0 amide bonds. The van der Waals surface area contributed by atoms with Crippen molar-refractivity contribution in [1.82, 2.24) is 0 Å². The van der Waals surface area contributed by atoms with E-state index >= 15 is 0 Å². The quantitative estimate of drug-likeness (QED) is 0.0807. The number of rotatable bonds is 0. The number of hydrogen-bond acceptors (Lipinski definition) is 0. The molecule has 0 aromatic heterocycles. The van der Waals surface area contributed by atoms with Crippen LogP contribution in [-0.2, 0) is 0 Å². The van der Waals surface area contributed by atoms with Crippen LogP contribution in [0.4, 0.5) is 48.3 Å². The van der Waals surface area contributed by atoms with Gasteiger partial charge in [-0.15, -0.1) is 0 Å². The van der Waals surface area contributed by atoms with Crippen molar-refractivity contribution in [2.75, 3.05) is 0 Å². The molecule has 0 radical (unpaired) electrons. The first kappa shape index (κ1) is 60.8. The van der Waals surface area contributed by atoms with Gasteiger partial charge in [0.25, 0.3) is 0 Å². The largest absolute Gasteiger partial charge is 0.207 e. The van der Waals surface area contributed by atoms with E-state index in [-0.39, 0.29) is 53.7 Å². The van der Waals surface area contributed by atoms with Crippen LogP contribution in [0.25, 0.3) is 0 Å². The summed E-state index contributed by atoms with van der Waals surface area (Å²) in [7, 11) is 0. The van der Waals surface area contributed by atoms with Crippen LogP contribution in [0.5, 0.6) is 0 Å². The van der Waals surface area contributed by atoms with Gasteiger partial charge in [0.1, 0.15) is 34.1 Å². The highest BCUT2D eigenvalue weighted by Gasteiger charge is 2.10. The van der Waals surface area contributed by atoms with E-state index in [1.54, 1.807) is 44.2 Å². The molecule has 7 aromatic carbocycles. The Morgan fingerprint density at radius 2 is 0.761 bits per heavy atom. The second-order valence-electron chi connectivity index (χ2n) is 13.8. The smallest absolute Gasteiger partial charge is 0.177 e. The van der Waals surface area contributed by atoms with Gasteiger partial charge in [0.05, 0.1) is 20.1 Å². The van der Waals surface area contributed by atoms with Crippen LogP contribution in [-0.4, -0.2) is 0 Å². The highest BCUT2D eigenvalue weighted by molar-refractivity contribution is 6.32. The molecule has 67 heavy (non-hydrogen) atoms. The maximum atomic E-state index is 12.6. The summed E-state index contributed by atoms with van der Waals surface area (Å²) >= 11 is 37.6. The third kappa shape index (κ3) is 21.8. The number of halogens is 18. The predicted molar refractivity (Wildman–Crippen MR) is 253 cm³/mol. The van der Waals surface area contributed by atoms with E-state index < -0.39 is 51.6 Å². The summed E-state index contributed by atoms with van der Waals surface area (Å²) in [6, 6.07) is 23.8. The summed E-state index contributed by atoms with van der Waals surface area (Å²) in [6.07, 6.45) is 0. The van der Waals surface area contributed by atoms with Crippen LogP contribution in [0.3, 0.4) is 0 Å². The molecular weight excluding hydrogens is 1050 g/mol. The van der Waals surface area contributed by atoms with Crippen molar-refractivity contribution in [3.05, 3.63) is 241 Å². The summed E-state index contributed by atoms with van der Waals surface area (Å²) in [5.74, 6) is -7.83. The molecule has 18 heteroatoms. The minimum absolute atomic E-state index is 0.139. The van der Waals surface area contributed by atoms with Crippen LogP contribution in [0.2, 0.25) is 35.2 Å². The standard InChI is InChI=1S/4C7H5ClF2.3C7H6ClF/c1-4-2-5(8)3-6(9)7(4)10;1-4-2-3-5(9)6(8)7(4)10;1-4-2-3-5(9)7(10)6(4)8;1-4-2-3-5(8)7(10)6(4)9;1-5-2-6(8)4-7(9)3-5;1-5-2-3-7(9)6(8)4-5;1-5-2-3-6(8)7(9)4-5/h4*2-3H,1H3;3*2-4H,1H3. The summed E-state index contributed by atoms with van der Waals surface area (Å²) < 4.78 is 137. The maximum absolute atomic E-state index is 12.6. The van der Waals surface area contributed by atoms with E-state index in [9.17, 15) is 48.3 Å². The van der Waals surface area contributed by atoms with Gasteiger partial charge in [0.2, 0.25) is 0 Å². The van der Waals surface area contributed by atoms with E-state index in [4.69, 9.17) is 81.2 Å². The van der Waals surface area contributed by atoms with E-state index in [1.807, 2.05) is 13.8 Å². The molecule has 0 bridgehead atoms. The van der Waals surface area contributed by atoms with Crippen LogP contribution in [0.15, 0.2) is 103 Å². The van der Waals surface area contributed by atoms with Crippen molar-refractivity contribution in [3.8, 4) is 0 Å². The summed E-state index contributed by atoms with van der Waals surface area (Å²) in [4.78, 5) is 0. The normalized spacial score (nSPS) is 9.87. The van der Waals surface area contributed by atoms with Gasteiger partial charge in [-0.25, -0.2) is 48.3 Å². The summed E-state index contributed by atoms with van der Waals surface area (Å²) in [5.41, 5.74) is 4.09. The van der Waals surface area contributed by atoms with Crippen LogP contribution in [0, 0.1) is 112 Å². The Kier molecular flexibility index (Phi) is 26.9. The third-order valence-electron chi connectivity index (χ3n) is 8.02. The highest BCUT2D eigenvalue weighted by atomic mass is 35.5. The van der Waals surface area contributed by atoms with E-state index in [0.29, 0.717) is 16.1 Å². The van der Waals surface area contributed by atoms with Gasteiger partial charge in [0, 0.05) is 10.0 Å². The van der Waals surface area contributed by atoms with Gasteiger partial charge >= 0.3 is 0 Å².